The van der Waals surface area contributed by atoms with Crippen LogP contribution in [-0.2, 0) is 4.74 Å². The van der Waals surface area contributed by atoms with E-state index in [1.54, 1.807) is 6.20 Å². The van der Waals surface area contributed by atoms with Crippen LogP contribution in [0.2, 0.25) is 0 Å². The molecule has 3 nitrogen and oxygen atoms in total. The standard InChI is InChI=1S/C19H19NO2/c1-2-3-4-13-22-19(21)16-9-5-7-14-10-11-15-8-6-12-20-18(15)17(14)16/h5-12H,2-4,13H2,1H3. The zero-order chi connectivity index (χ0) is 15.4. The summed E-state index contributed by atoms with van der Waals surface area (Å²) >= 11 is 0. The van der Waals surface area contributed by atoms with Crippen molar-refractivity contribution in [3.8, 4) is 0 Å². The first-order valence-corrected chi connectivity index (χ1v) is 7.75. The molecule has 0 saturated carbocycles. The van der Waals surface area contributed by atoms with Crippen molar-refractivity contribution < 1.29 is 9.53 Å². The average Bonchev–Trinajstić information content (AvgIpc) is 2.58. The average molecular weight is 293 g/mol. The number of pyridine rings is 1. The summed E-state index contributed by atoms with van der Waals surface area (Å²) in [4.78, 5) is 16.9. The van der Waals surface area contributed by atoms with Gasteiger partial charge in [-0.25, -0.2) is 4.79 Å². The molecule has 1 heterocycles. The lowest BCUT2D eigenvalue weighted by Crippen LogP contribution is -2.07. The van der Waals surface area contributed by atoms with Gasteiger partial charge in [-0.1, -0.05) is 50.1 Å². The van der Waals surface area contributed by atoms with Gasteiger partial charge in [-0.3, -0.25) is 4.98 Å². The molecule has 22 heavy (non-hydrogen) atoms. The van der Waals surface area contributed by atoms with Crippen LogP contribution in [0.4, 0.5) is 0 Å². The SMILES string of the molecule is CCCCCOC(=O)c1cccc2ccc3cccnc3c12. The number of hydrogen-bond acceptors (Lipinski definition) is 3. The maximum atomic E-state index is 12.4. The molecule has 0 bridgehead atoms. The maximum absolute atomic E-state index is 12.4. The molecule has 0 atom stereocenters. The van der Waals surface area contributed by atoms with E-state index >= 15 is 0 Å². The molecular formula is C19H19NO2. The van der Waals surface area contributed by atoms with E-state index in [9.17, 15) is 4.79 Å². The number of rotatable bonds is 5. The van der Waals surface area contributed by atoms with Crippen molar-refractivity contribution in [1.29, 1.82) is 0 Å². The van der Waals surface area contributed by atoms with Crippen molar-refractivity contribution in [2.45, 2.75) is 26.2 Å². The molecule has 0 spiro atoms. The Morgan fingerprint density at radius 3 is 2.73 bits per heavy atom. The summed E-state index contributed by atoms with van der Waals surface area (Å²) in [5.41, 5.74) is 1.44. The first kappa shape index (κ1) is 14.5. The molecule has 0 N–H and O–H groups in total. The quantitative estimate of drug-likeness (QED) is 0.387. The molecule has 112 valence electrons. The van der Waals surface area contributed by atoms with E-state index < -0.39 is 0 Å². The van der Waals surface area contributed by atoms with Crippen LogP contribution in [0, 0.1) is 0 Å². The highest BCUT2D eigenvalue weighted by atomic mass is 16.5. The topological polar surface area (TPSA) is 39.2 Å². The maximum Gasteiger partial charge on any atom is 0.338 e. The Labute approximate surface area is 129 Å². The molecule has 3 rings (SSSR count). The number of benzene rings is 2. The van der Waals surface area contributed by atoms with E-state index in [4.69, 9.17) is 4.74 Å². The minimum absolute atomic E-state index is 0.264. The zero-order valence-corrected chi connectivity index (χ0v) is 12.7. The first-order valence-electron chi connectivity index (χ1n) is 7.75. The number of unbranched alkanes of at least 4 members (excludes halogenated alkanes) is 2. The molecule has 0 amide bonds. The third-order valence-electron chi connectivity index (χ3n) is 3.82. The number of ether oxygens (including phenoxy) is 1. The molecule has 3 aromatic rings. The van der Waals surface area contributed by atoms with Crippen molar-refractivity contribution in [2.75, 3.05) is 6.61 Å². The molecule has 2 aromatic carbocycles. The van der Waals surface area contributed by atoms with Crippen LogP contribution in [-0.4, -0.2) is 17.6 Å². The van der Waals surface area contributed by atoms with Crippen molar-refractivity contribution in [2.24, 2.45) is 0 Å². The van der Waals surface area contributed by atoms with Gasteiger partial charge < -0.3 is 4.74 Å². The van der Waals surface area contributed by atoms with Crippen LogP contribution in [0.3, 0.4) is 0 Å². The fourth-order valence-electron chi connectivity index (χ4n) is 2.68. The van der Waals surface area contributed by atoms with Crippen LogP contribution >= 0.6 is 0 Å². The van der Waals surface area contributed by atoms with Crippen LogP contribution < -0.4 is 0 Å². The molecule has 0 radical (unpaired) electrons. The lowest BCUT2D eigenvalue weighted by atomic mass is 10.0. The molecule has 0 aliphatic heterocycles. The number of fused-ring (bicyclic) bond motifs is 3. The Kier molecular flexibility index (Phi) is 4.33. The van der Waals surface area contributed by atoms with E-state index in [2.05, 4.69) is 11.9 Å². The number of esters is 1. The molecule has 0 fully saturated rings. The van der Waals surface area contributed by atoms with E-state index in [0.29, 0.717) is 12.2 Å². The summed E-state index contributed by atoms with van der Waals surface area (Å²) in [6.07, 6.45) is 4.85. The number of nitrogens with zero attached hydrogens (tertiary/aromatic N) is 1. The fourth-order valence-corrected chi connectivity index (χ4v) is 2.68. The number of aromatic nitrogens is 1. The van der Waals surface area contributed by atoms with Crippen LogP contribution in [0.15, 0.2) is 48.7 Å². The second-order valence-electron chi connectivity index (χ2n) is 5.39. The minimum Gasteiger partial charge on any atom is -0.462 e. The van der Waals surface area contributed by atoms with Gasteiger partial charge in [-0.05, 0) is 23.9 Å². The van der Waals surface area contributed by atoms with E-state index in [0.717, 1.165) is 40.9 Å². The lowest BCUT2D eigenvalue weighted by molar-refractivity contribution is 0.0500. The van der Waals surface area contributed by atoms with Crippen LogP contribution in [0.1, 0.15) is 36.5 Å². The predicted octanol–water partition coefficient (Wildman–Crippen LogP) is 4.74. The van der Waals surface area contributed by atoms with Gasteiger partial charge >= 0.3 is 5.97 Å². The van der Waals surface area contributed by atoms with Gasteiger partial charge in [0.05, 0.1) is 17.7 Å². The molecule has 0 aliphatic rings. The van der Waals surface area contributed by atoms with Gasteiger partial charge in [-0.15, -0.1) is 0 Å². The summed E-state index contributed by atoms with van der Waals surface area (Å²) in [7, 11) is 0. The van der Waals surface area contributed by atoms with Crippen molar-refractivity contribution in [1.82, 2.24) is 4.98 Å². The largest absolute Gasteiger partial charge is 0.462 e. The second-order valence-corrected chi connectivity index (χ2v) is 5.39. The highest BCUT2D eigenvalue weighted by molar-refractivity contribution is 6.15. The van der Waals surface area contributed by atoms with Gasteiger partial charge in [0, 0.05) is 17.0 Å². The summed E-state index contributed by atoms with van der Waals surface area (Å²) in [6.45, 7) is 2.60. The first-order chi connectivity index (χ1) is 10.8. The Bertz CT molecular complexity index is 811. The predicted molar refractivity (Wildman–Crippen MR) is 89.1 cm³/mol. The molecule has 0 unspecified atom stereocenters. The van der Waals surface area contributed by atoms with Crippen molar-refractivity contribution in [3.63, 3.8) is 0 Å². The number of hydrogen-bond donors (Lipinski definition) is 0. The third-order valence-corrected chi connectivity index (χ3v) is 3.82. The number of carbonyl (C=O) groups excluding carboxylic acids is 1. The van der Waals surface area contributed by atoms with E-state index in [1.165, 1.54) is 0 Å². The molecule has 0 aliphatic carbocycles. The van der Waals surface area contributed by atoms with Gasteiger partial charge in [0.15, 0.2) is 0 Å². The third kappa shape index (κ3) is 2.80. The Hall–Kier alpha value is -2.42. The Morgan fingerprint density at radius 1 is 1.05 bits per heavy atom. The summed E-state index contributed by atoms with van der Waals surface area (Å²) in [5.74, 6) is -0.264. The summed E-state index contributed by atoms with van der Waals surface area (Å²) in [6, 6.07) is 13.7. The van der Waals surface area contributed by atoms with Gasteiger partial charge in [0.2, 0.25) is 0 Å². The summed E-state index contributed by atoms with van der Waals surface area (Å²) < 4.78 is 5.42. The van der Waals surface area contributed by atoms with Crippen molar-refractivity contribution >= 4 is 27.6 Å². The molecule has 1 aromatic heterocycles. The summed E-state index contributed by atoms with van der Waals surface area (Å²) in [5, 5.41) is 2.91. The second kappa shape index (κ2) is 6.56. The van der Waals surface area contributed by atoms with E-state index in [-0.39, 0.29) is 5.97 Å². The molecular weight excluding hydrogens is 274 g/mol. The molecule has 0 saturated heterocycles. The monoisotopic (exact) mass is 293 g/mol. The highest BCUT2D eigenvalue weighted by Gasteiger charge is 2.14. The highest BCUT2D eigenvalue weighted by Crippen LogP contribution is 2.27. The zero-order valence-electron chi connectivity index (χ0n) is 12.7. The smallest absolute Gasteiger partial charge is 0.338 e. The Morgan fingerprint density at radius 2 is 1.86 bits per heavy atom. The molecule has 3 heteroatoms. The Balaban J connectivity index is 2.02. The normalized spacial score (nSPS) is 11.0. The van der Waals surface area contributed by atoms with Gasteiger partial charge in [-0.2, -0.15) is 0 Å². The van der Waals surface area contributed by atoms with Crippen LogP contribution in [0.5, 0.6) is 0 Å². The lowest BCUT2D eigenvalue weighted by Gasteiger charge is -2.09. The minimum atomic E-state index is -0.264. The van der Waals surface area contributed by atoms with Gasteiger partial charge in [0.25, 0.3) is 0 Å². The fraction of sp³-hybridized carbons (Fsp3) is 0.263. The van der Waals surface area contributed by atoms with Crippen LogP contribution in [0.25, 0.3) is 21.7 Å². The van der Waals surface area contributed by atoms with E-state index in [1.807, 2.05) is 42.5 Å². The van der Waals surface area contributed by atoms with Crippen molar-refractivity contribution in [3.05, 3.63) is 54.2 Å². The number of carbonyl (C=O) groups is 1. The van der Waals surface area contributed by atoms with Gasteiger partial charge in [0.1, 0.15) is 0 Å².